The summed E-state index contributed by atoms with van der Waals surface area (Å²) in [5.41, 5.74) is 0. The number of phenolic OH excluding ortho intramolecular Hbond substituents is 1. The van der Waals surface area contributed by atoms with E-state index in [9.17, 15) is 5.11 Å². The molecule has 1 N–H and O–H groups in total. The van der Waals surface area contributed by atoms with Crippen molar-refractivity contribution in [3.8, 4) is 5.75 Å². The van der Waals surface area contributed by atoms with E-state index in [2.05, 4.69) is 36.4 Å². The molecule has 0 fully saturated rings. The SMILES string of the molecule is Oc1ccc2ccc3cccc4ccc1c2c34.[Na+].[Na+].[Na+]. The van der Waals surface area contributed by atoms with Gasteiger partial charge in [0, 0.05) is 10.8 Å². The van der Waals surface area contributed by atoms with E-state index in [1.807, 2.05) is 12.1 Å². The molecule has 4 aromatic carbocycles. The van der Waals surface area contributed by atoms with E-state index in [0.717, 1.165) is 5.39 Å². The van der Waals surface area contributed by atoms with Crippen LogP contribution in [0.4, 0.5) is 0 Å². The van der Waals surface area contributed by atoms with E-state index in [4.69, 9.17) is 0 Å². The maximum absolute atomic E-state index is 9.95. The van der Waals surface area contributed by atoms with Crippen molar-refractivity contribution in [2.45, 2.75) is 0 Å². The standard InChI is InChI=1S/C16H10O.3Na/c17-14-9-7-12-5-4-10-2-1-3-11-6-8-13(14)16(12)15(10)11;;;/h1-9,17H;;;/q;3*+1. The fourth-order valence-corrected chi connectivity index (χ4v) is 2.72. The van der Waals surface area contributed by atoms with Crippen molar-refractivity contribution in [2.75, 3.05) is 0 Å². The number of hydrogen-bond acceptors (Lipinski definition) is 1. The third-order valence-corrected chi connectivity index (χ3v) is 3.51. The molecule has 0 aromatic heterocycles. The van der Waals surface area contributed by atoms with Crippen molar-refractivity contribution in [2.24, 2.45) is 0 Å². The summed E-state index contributed by atoms with van der Waals surface area (Å²) < 4.78 is 0. The molecule has 0 radical (unpaired) electrons. The number of benzene rings is 4. The van der Waals surface area contributed by atoms with Crippen LogP contribution in [0.15, 0.2) is 54.6 Å². The minimum Gasteiger partial charge on any atom is -0.507 e. The van der Waals surface area contributed by atoms with Crippen LogP contribution in [0.25, 0.3) is 32.3 Å². The first kappa shape index (κ1) is 18.8. The van der Waals surface area contributed by atoms with Gasteiger partial charge in [-0.1, -0.05) is 48.5 Å². The van der Waals surface area contributed by atoms with E-state index in [-0.39, 0.29) is 88.7 Å². The Hall–Kier alpha value is 0.720. The first-order valence-corrected chi connectivity index (χ1v) is 5.70. The van der Waals surface area contributed by atoms with Gasteiger partial charge in [-0.15, -0.1) is 0 Å². The Bertz CT molecular complexity index is 842. The minimum absolute atomic E-state index is 0. The molecule has 20 heavy (non-hydrogen) atoms. The average Bonchev–Trinajstić information content (AvgIpc) is 2.38. The number of hydrogen-bond donors (Lipinski definition) is 1. The van der Waals surface area contributed by atoms with Crippen LogP contribution in [-0.4, -0.2) is 5.11 Å². The molecule has 80 valence electrons. The second kappa shape index (κ2) is 7.32. The molecular weight excluding hydrogens is 277 g/mol. The number of rotatable bonds is 0. The summed E-state index contributed by atoms with van der Waals surface area (Å²) in [7, 11) is 0. The van der Waals surface area contributed by atoms with Crippen molar-refractivity contribution in [1.29, 1.82) is 0 Å². The van der Waals surface area contributed by atoms with Gasteiger partial charge in [0.25, 0.3) is 0 Å². The molecule has 0 aliphatic heterocycles. The zero-order valence-corrected chi connectivity index (χ0v) is 18.1. The molecule has 0 bridgehead atoms. The molecule has 0 unspecified atom stereocenters. The van der Waals surface area contributed by atoms with Gasteiger partial charge in [-0.2, -0.15) is 0 Å². The predicted octanol–water partition coefficient (Wildman–Crippen LogP) is -4.70. The number of phenols is 1. The van der Waals surface area contributed by atoms with Gasteiger partial charge >= 0.3 is 88.7 Å². The fraction of sp³-hybridized carbons (Fsp3) is 0. The van der Waals surface area contributed by atoms with Crippen molar-refractivity contribution in [1.82, 2.24) is 0 Å². The maximum Gasteiger partial charge on any atom is 1.00 e. The Balaban J connectivity index is 0.000000667. The maximum atomic E-state index is 9.95. The van der Waals surface area contributed by atoms with Crippen LogP contribution in [0, 0.1) is 0 Å². The van der Waals surface area contributed by atoms with Gasteiger partial charge < -0.3 is 5.11 Å². The van der Waals surface area contributed by atoms with Gasteiger partial charge in [-0.25, -0.2) is 0 Å². The van der Waals surface area contributed by atoms with Gasteiger partial charge in [-0.3, -0.25) is 0 Å². The first-order chi connectivity index (χ1) is 8.34. The van der Waals surface area contributed by atoms with Crippen LogP contribution in [0.2, 0.25) is 0 Å². The third-order valence-electron chi connectivity index (χ3n) is 3.51. The summed E-state index contributed by atoms with van der Waals surface area (Å²) >= 11 is 0. The van der Waals surface area contributed by atoms with E-state index in [1.165, 1.54) is 26.9 Å². The first-order valence-electron chi connectivity index (χ1n) is 5.70. The van der Waals surface area contributed by atoms with E-state index >= 15 is 0 Å². The zero-order valence-electron chi connectivity index (χ0n) is 12.1. The van der Waals surface area contributed by atoms with Gasteiger partial charge in [-0.05, 0) is 27.6 Å². The van der Waals surface area contributed by atoms with Crippen LogP contribution >= 0.6 is 0 Å². The third kappa shape index (κ3) is 2.81. The van der Waals surface area contributed by atoms with Crippen molar-refractivity contribution in [3.05, 3.63) is 54.6 Å². The Kier molecular flexibility index (Phi) is 6.87. The van der Waals surface area contributed by atoms with Gasteiger partial charge in [0.05, 0.1) is 0 Å². The van der Waals surface area contributed by atoms with E-state index in [0.29, 0.717) is 5.75 Å². The molecule has 0 saturated heterocycles. The van der Waals surface area contributed by atoms with Crippen LogP contribution in [0.3, 0.4) is 0 Å². The second-order valence-corrected chi connectivity index (χ2v) is 4.44. The Labute approximate surface area is 183 Å². The van der Waals surface area contributed by atoms with Crippen molar-refractivity contribution in [3.63, 3.8) is 0 Å². The van der Waals surface area contributed by atoms with Gasteiger partial charge in [0.1, 0.15) is 5.75 Å². The summed E-state index contributed by atoms with van der Waals surface area (Å²) in [6, 6.07) is 18.4. The summed E-state index contributed by atoms with van der Waals surface area (Å²) in [5, 5.41) is 16.9. The van der Waals surface area contributed by atoms with Crippen LogP contribution in [-0.2, 0) is 0 Å². The van der Waals surface area contributed by atoms with Gasteiger partial charge in [0.2, 0.25) is 0 Å². The van der Waals surface area contributed by atoms with Gasteiger partial charge in [0.15, 0.2) is 0 Å². The second-order valence-electron chi connectivity index (χ2n) is 4.44. The van der Waals surface area contributed by atoms with Crippen LogP contribution in [0.1, 0.15) is 0 Å². The summed E-state index contributed by atoms with van der Waals surface area (Å²) in [4.78, 5) is 0. The topological polar surface area (TPSA) is 20.2 Å². The monoisotopic (exact) mass is 287 g/mol. The quantitative estimate of drug-likeness (QED) is 0.255. The Morgan fingerprint density at radius 2 is 1.05 bits per heavy atom. The molecule has 1 nitrogen and oxygen atoms in total. The molecule has 4 rings (SSSR count). The molecule has 0 amide bonds. The minimum atomic E-state index is 0. The Morgan fingerprint density at radius 1 is 0.550 bits per heavy atom. The smallest absolute Gasteiger partial charge is 0.507 e. The summed E-state index contributed by atoms with van der Waals surface area (Å²) in [6.45, 7) is 0. The fourth-order valence-electron chi connectivity index (χ4n) is 2.72. The van der Waals surface area contributed by atoms with E-state index in [1.54, 1.807) is 6.07 Å². The molecular formula is C16H10Na3O+3. The van der Waals surface area contributed by atoms with Crippen LogP contribution < -0.4 is 88.7 Å². The molecule has 0 atom stereocenters. The van der Waals surface area contributed by atoms with Crippen molar-refractivity contribution >= 4 is 32.3 Å². The number of aromatic hydroxyl groups is 1. The van der Waals surface area contributed by atoms with Crippen molar-refractivity contribution < 1.29 is 93.8 Å². The van der Waals surface area contributed by atoms with E-state index < -0.39 is 0 Å². The predicted molar refractivity (Wildman–Crippen MR) is 71.8 cm³/mol. The normalized spacial score (nSPS) is 10.0. The summed E-state index contributed by atoms with van der Waals surface area (Å²) in [5.74, 6) is 0.357. The zero-order chi connectivity index (χ0) is 11.4. The Morgan fingerprint density at radius 3 is 1.70 bits per heavy atom. The molecule has 4 heteroatoms. The largest absolute Gasteiger partial charge is 1.00 e. The molecule has 0 spiro atoms. The summed E-state index contributed by atoms with van der Waals surface area (Å²) in [6.07, 6.45) is 0. The molecule has 4 aromatic rings. The molecule has 0 saturated carbocycles. The molecule has 0 aliphatic rings. The van der Waals surface area contributed by atoms with Crippen LogP contribution in [0.5, 0.6) is 5.75 Å². The molecule has 0 aliphatic carbocycles. The molecule has 0 heterocycles. The average molecular weight is 287 g/mol.